The van der Waals surface area contributed by atoms with E-state index >= 15 is 0 Å². The van der Waals surface area contributed by atoms with Crippen LogP contribution in [0.2, 0.25) is 10.0 Å². The van der Waals surface area contributed by atoms with E-state index in [-0.39, 0.29) is 21.2 Å². The van der Waals surface area contributed by atoms with E-state index in [0.717, 1.165) is 19.2 Å². The number of halogens is 3. The van der Waals surface area contributed by atoms with E-state index in [2.05, 4.69) is 4.74 Å². The van der Waals surface area contributed by atoms with Gasteiger partial charge in [-0.3, -0.25) is 4.79 Å². The summed E-state index contributed by atoms with van der Waals surface area (Å²) in [5.74, 6) is -2.38. The molecule has 0 aliphatic rings. The summed E-state index contributed by atoms with van der Waals surface area (Å²) in [7, 11) is 4.39. The molecular formula is C13H12Cl2FNO3. The molecule has 0 heterocycles. The van der Waals surface area contributed by atoms with Gasteiger partial charge in [-0.05, 0) is 12.1 Å². The average molecular weight is 320 g/mol. The van der Waals surface area contributed by atoms with Gasteiger partial charge in [0.2, 0.25) is 5.78 Å². The van der Waals surface area contributed by atoms with E-state index in [0.29, 0.717) is 0 Å². The lowest BCUT2D eigenvalue weighted by Crippen LogP contribution is -2.18. The molecule has 0 atom stereocenters. The monoisotopic (exact) mass is 319 g/mol. The molecule has 108 valence electrons. The summed E-state index contributed by atoms with van der Waals surface area (Å²) in [6.07, 6.45) is 1.27. The third-order valence-corrected chi connectivity index (χ3v) is 2.89. The topological polar surface area (TPSA) is 46.6 Å². The van der Waals surface area contributed by atoms with Gasteiger partial charge in [-0.1, -0.05) is 23.2 Å². The first-order valence-electron chi connectivity index (χ1n) is 5.43. The number of Topliss-reactive ketones (excluding diaryl/α,β-unsaturated/α-hetero) is 1. The molecule has 0 amide bonds. The Morgan fingerprint density at radius 3 is 2.35 bits per heavy atom. The third kappa shape index (κ3) is 3.71. The van der Waals surface area contributed by atoms with Gasteiger partial charge in [-0.2, -0.15) is 0 Å². The van der Waals surface area contributed by atoms with Crippen molar-refractivity contribution >= 4 is 35.0 Å². The lowest BCUT2D eigenvalue weighted by Gasteiger charge is -2.11. The SMILES string of the molecule is COC(=O)C(=CN(C)C)C(=O)c1cc(F)c(Cl)cc1Cl. The Bertz CT molecular complexity index is 585. The van der Waals surface area contributed by atoms with Gasteiger partial charge >= 0.3 is 5.97 Å². The summed E-state index contributed by atoms with van der Waals surface area (Å²) >= 11 is 11.4. The molecule has 0 spiro atoms. The Kier molecular flexibility index (Phi) is 5.53. The summed E-state index contributed by atoms with van der Waals surface area (Å²) in [5.41, 5.74) is -0.423. The Morgan fingerprint density at radius 1 is 1.25 bits per heavy atom. The lowest BCUT2D eigenvalue weighted by atomic mass is 10.0. The van der Waals surface area contributed by atoms with E-state index in [4.69, 9.17) is 23.2 Å². The zero-order valence-electron chi connectivity index (χ0n) is 11.0. The molecule has 0 saturated heterocycles. The number of benzene rings is 1. The van der Waals surface area contributed by atoms with Gasteiger partial charge in [0, 0.05) is 25.9 Å². The highest BCUT2D eigenvalue weighted by Gasteiger charge is 2.24. The van der Waals surface area contributed by atoms with Crippen LogP contribution >= 0.6 is 23.2 Å². The number of hydrogen-bond donors (Lipinski definition) is 0. The number of ether oxygens (including phenoxy) is 1. The van der Waals surface area contributed by atoms with Crippen molar-refractivity contribution in [2.75, 3.05) is 21.2 Å². The van der Waals surface area contributed by atoms with Gasteiger partial charge in [0.15, 0.2) is 0 Å². The van der Waals surface area contributed by atoms with Crippen molar-refractivity contribution in [3.63, 3.8) is 0 Å². The molecule has 0 bridgehead atoms. The van der Waals surface area contributed by atoms with Crippen LogP contribution in [-0.4, -0.2) is 37.9 Å². The van der Waals surface area contributed by atoms with Crippen LogP contribution < -0.4 is 0 Å². The zero-order valence-corrected chi connectivity index (χ0v) is 12.5. The number of carbonyl (C=O) groups excluding carboxylic acids is 2. The molecule has 0 saturated carbocycles. The fourth-order valence-corrected chi connectivity index (χ4v) is 1.88. The molecule has 1 aromatic carbocycles. The van der Waals surface area contributed by atoms with E-state index in [1.807, 2.05) is 0 Å². The van der Waals surface area contributed by atoms with Gasteiger partial charge in [0.05, 0.1) is 17.2 Å². The fourth-order valence-electron chi connectivity index (χ4n) is 1.41. The van der Waals surface area contributed by atoms with Crippen LogP contribution in [0.4, 0.5) is 4.39 Å². The smallest absolute Gasteiger partial charge is 0.343 e. The minimum atomic E-state index is -0.838. The summed E-state index contributed by atoms with van der Waals surface area (Å²) < 4.78 is 18.0. The second kappa shape index (κ2) is 6.72. The first-order chi connectivity index (χ1) is 9.27. The van der Waals surface area contributed by atoms with Crippen molar-refractivity contribution in [2.24, 2.45) is 0 Å². The van der Waals surface area contributed by atoms with E-state index in [9.17, 15) is 14.0 Å². The number of ketones is 1. The molecule has 0 unspecified atom stereocenters. The van der Waals surface area contributed by atoms with Gasteiger partial charge < -0.3 is 9.64 Å². The largest absolute Gasteiger partial charge is 0.465 e. The molecule has 0 aliphatic carbocycles. The van der Waals surface area contributed by atoms with Crippen LogP contribution in [-0.2, 0) is 9.53 Å². The maximum absolute atomic E-state index is 13.4. The highest BCUT2D eigenvalue weighted by Crippen LogP contribution is 2.26. The highest BCUT2D eigenvalue weighted by molar-refractivity contribution is 6.39. The van der Waals surface area contributed by atoms with Gasteiger partial charge in [0.1, 0.15) is 11.4 Å². The number of hydrogen-bond acceptors (Lipinski definition) is 4. The van der Waals surface area contributed by atoms with Gasteiger partial charge in [-0.25, -0.2) is 9.18 Å². The number of carbonyl (C=O) groups is 2. The normalized spacial score (nSPS) is 11.2. The van der Waals surface area contributed by atoms with Crippen LogP contribution in [0.5, 0.6) is 0 Å². The summed E-state index contributed by atoms with van der Waals surface area (Å²) in [6.45, 7) is 0. The molecule has 20 heavy (non-hydrogen) atoms. The Hall–Kier alpha value is -1.59. The molecule has 1 rings (SSSR count). The first-order valence-corrected chi connectivity index (χ1v) is 6.19. The molecule has 0 radical (unpaired) electrons. The van der Waals surface area contributed by atoms with Gasteiger partial charge in [0.25, 0.3) is 0 Å². The number of esters is 1. The average Bonchev–Trinajstić information content (AvgIpc) is 2.38. The van der Waals surface area contributed by atoms with Crippen LogP contribution in [0.25, 0.3) is 0 Å². The van der Waals surface area contributed by atoms with Crippen LogP contribution in [0.3, 0.4) is 0 Å². The predicted octanol–water partition coefficient (Wildman–Crippen LogP) is 2.93. The van der Waals surface area contributed by atoms with Crippen molar-refractivity contribution in [2.45, 2.75) is 0 Å². The highest BCUT2D eigenvalue weighted by atomic mass is 35.5. The molecule has 7 heteroatoms. The van der Waals surface area contributed by atoms with Crippen molar-refractivity contribution in [3.05, 3.63) is 45.3 Å². The van der Waals surface area contributed by atoms with E-state index < -0.39 is 17.6 Å². The predicted molar refractivity (Wildman–Crippen MR) is 74.5 cm³/mol. The number of nitrogens with zero attached hydrogens (tertiary/aromatic N) is 1. The summed E-state index contributed by atoms with van der Waals surface area (Å²) in [5, 5.41) is -0.252. The zero-order chi connectivity index (χ0) is 15.4. The minimum absolute atomic E-state index is 0.0463. The van der Waals surface area contributed by atoms with Crippen molar-refractivity contribution in [3.8, 4) is 0 Å². The second-order valence-electron chi connectivity index (χ2n) is 4.07. The molecule has 1 aromatic rings. The van der Waals surface area contributed by atoms with Gasteiger partial charge in [-0.15, -0.1) is 0 Å². The maximum atomic E-state index is 13.4. The van der Waals surface area contributed by atoms with Crippen LogP contribution in [0.15, 0.2) is 23.9 Å². The van der Waals surface area contributed by atoms with Crippen molar-refractivity contribution in [1.82, 2.24) is 4.90 Å². The van der Waals surface area contributed by atoms with E-state index in [1.54, 1.807) is 14.1 Å². The Morgan fingerprint density at radius 2 is 1.85 bits per heavy atom. The summed E-state index contributed by atoms with van der Waals surface area (Å²) in [6, 6.07) is 2.00. The molecule has 0 aromatic heterocycles. The number of rotatable bonds is 4. The van der Waals surface area contributed by atoms with Crippen molar-refractivity contribution < 1.29 is 18.7 Å². The molecule has 0 fully saturated rings. The summed E-state index contributed by atoms with van der Waals surface area (Å²) in [4.78, 5) is 25.4. The molecule has 0 aliphatic heterocycles. The second-order valence-corrected chi connectivity index (χ2v) is 4.89. The van der Waals surface area contributed by atoms with Crippen molar-refractivity contribution in [1.29, 1.82) is 0 Å². The van der Waals surface area contributed by atoms with Crippen LogP contribution in [0.1, 0.15) is 10.4 Å². The molecule has 4 nitrogen and oxygen atoms in total. The number of methoxy groups -OCH3 is 1. The third-order valence-electron chi connectivity index (χ3n) is 2.29. The maximum Gasteiger partial charge on any atom is 0.343 e. The van der Waals surface area contributed by atoms with E-state index in [1.165, 1.54) is 11.1 Å². The molecular weight excluding hydrogens is 308 g/mol. The fraction of sp³-hybridized carbons (Fsp3) is 0.231. The Labute approximate surface area is 125 Å². The first kappa shape index (κ1) is 16.5. The van der Waals surface area contributed by atoms with Crippen LogP contribution in [0, 0.1) is 5.82 Å². The quantitative estimate of drug-likeness (QED) is 0.214. The lowest BCUT2D eigenvalue weighted by molar-refractivity contribution is -0.135. The minimum Gasteiger partial charge on any atom is -0.465 e. The Balaban J connectivity index is 3.33. The molecule has 0 N–H and O–H groups in total. The standard InChI is InChI=1S/C13H12Cl2FNO3/c1-17(2)6-8(13(19)20-3)12(18)7-4-11(16)10(15)5-9(7)14/h4-6H,1-3H3.